The summed E-state index contributed by atoms with van der Waals surface area (Å²) in [6.45, 7) is 1.87. The molecule has 0 saturated heterocycles. The van der Waals surface area contributed by atoms with Gasteiger partial charge in [0.15, 0.2) is 5.16 Å². The van der Waals surface area contributed by atoms with Crippen LogP contribution in [0.4, 0.5) is 5.82 Å². The van der Waals surface area contributed by atoms with Crippen molar-refractivity contribution in [1.82, 2.24) is 9.55 Å². The van der Waals surface area contributed by atoms with E-state index in [-0.39, 0.29) is 5.56 Å². The van der Waals surface area contributed by atoms with E-state index >= 15 is 0 Å². The fourth-order valence-corrected chi connectivity index (χ4v) is 2.95. The zero-order valence-corrected chi connectivity index (χ0v) is 8.56. The van der Waals surface area contributed by atoms with Crippen LogP contribution in [-0.2, 0) is 13.0 Å². The minimum Gasteiger partial charge on any atom is -0.371 e. The second kappa shape index (κ2) is 3.02. The molecule has 0 unspecified atom stereocenters. The predicted octanol–water partition coefficient (Wildman–Crippen LogP) is 0.707. The Hall–Kier alpha value is -0.970. The van der Waals surface area contributed by atoms with Crippen LogP contribution >= 0.6 is 11.8 Å². The number of anilines is 1. The van der Waals surface area contributed by atoms with Gasteiger partial charge in [-0.15, -0.1) is 0 Å². The summed E-state index contributed by atoms with van der Waals surface area (Å²) in [7, 11) is 0. The molecule has 2 aliphatic heterocycles. The zero-order chi connectivity index (χ0) is 9.54. The van der Waals surface area contributed by atoms with Crippen LogP contribution in [0, 0.1) is 0 Å². The van der Waals surface area contributed by atoms with Gasteiger partial charge in [0.25, 0.3) is 5.56 Å². The third kappa shape index (κ3) is 1.08. The van der Waals surface area contributed by atoms with E-state index in [1.807, 2.05) is 0 Å². The van der Waals surface area contributed by atoms with E-state index in [0.29, 0.717) is 0 Å². The number of hydrogen-bond donors (Lipinski definition) is 1. The number of nitrogens with one attached hydrogen (secondary N) is 1. The van der Waals surface area contributed by atoms with Crippen LogP contribution in [0.15, 0.2) is 9.95 Å². The van der Waals surface area contributed by atoms with Crippen LogP contribution in [0.3, 0.4) is 0 Å². The third-order valence-corrected chi connectivity index (χ3v) is 3.73. The molecule has 4 nitrogen and oxygen atoms in total. The molecule has 0 bridgehead atoms. The van der Waals surface area contributed by atoms with Gasteiger partial charge in [0.05, 0.1) is 5.56 Å². The van der Waals surface area contributed by atoms with Crippen molar-refractivity contribution in [3.8, 4) is 0 Å². The summed E-state index contributed by atoms with van der Waals surface area (Å²) in [6, 6.07) is 0. The molecule has 0 aliphatic carbocycles. The Labute approximate surface area is 85.7 Å². The standard InChI is InChI=1S/C9H11N3OS/c13-8-6-2-3-10-7(6)12-4-1-5-14-9(12)11-8/h10H,1-5H2. The topological polar surface area (TPSA) is 46.9 Å². The van der Waals surface area contributed by atoms with Crippen molar-refractivity contribution >= 4 is 17.6 Å². The number of fused-ring (bicyclic) bond motifs is 3. The van der Waals surface area contributed by atoms with Crippen molar-refractivity contribution in [3.63, 3.8) is 0 Å². The molecule has 0 fully saturated rings. The smallest absolute Gasteiger partial charge is 0.279 e. The van der Waals surface area contributed by atoms with Crippen LogP contribution in [-0.4, -0.2) is 21.8 Å². The summed E-state index contributed by atoms with van der Waals surface area (Å²) in [5.74, 6) is 2.10. The first-order valence-electron chi connectivity index (χ1n) is 4.86. The van der Waals surface area contributed by atoms with Crippen molar-refractivity contribution in [2.75, 3.05) is 17.6 Å². The highest BCUT2D eigenvalue weighted by Gasteiger charge is 2.22. The van der Waals surface area contributed by atoms with E-state index in [0.717, 1.165) is 48.2 Å². The Morgan fingerprint density at radius 2 is 2.43 bits per heavy atom. The number of rotatable bonds is 0. The Kier molecular flexibility index (Phi) is 1.80. The van der Waals surface area contributed by atoms with E-state index in [9.17, 15) is 4.79 Å². The highest BCUT2D eigenvalue weighted by Crippen LogP contribution is 2.28. The molecule has 5 heteroatoms. The summed E-state index contributed by atoms with van der Waals surface area (Å²) in [6.07, 6.45) is 1.99. The van der Waals surface area contributed by atoms with Crippen LogP contribution in [0.5, 0.6) is 0 Å². The predicted molar refractivity (Wildman–Crippen MR) is 56.0 cm³/mol. The first kappa shape index (κ1) is 8.35. The molecule has 74 valence electrons. The maximum atomic E-state index is 11.6. The molecule has 1 aromatic heterocycles. The zero-order valence-electron chi connectivity index (χ0n) is 7.75. The summed E-state index contributed by atoms with van der Waals surface area (Å²) < 4.78 is 2.15. The lowest BCUT2D eigenvalue weighted by Crippen LogP contribution is -2.22. The summed E-state index contributed by atoms with van der Waals surface area (Å²) in [5, 5.41) is 4.16. The average molecular weight is 209 g/mol. The monoisotopic (exact) mass is 209 g/mol. The van der Waals surface area contributed by atoms with Crippen LogP contribution in [0.1, 0.15) is 12.0 Å². The van der Waals surface area contributed by atoms with Crippen molar-refractivity contribution in [2.24, 2.45) is 0 Å². The minimum atomic E-state index is -0.0364. The van der Waals surface area contributed by atoms with Crippen molar-refractivity contribution in [3.05, 3.63) is 15.9 Å². The van der Waals surface area contributed by atoms with Gasteiger partial charge in [-0.1, -0.05) is 11.8 Å². The molecule has 3 rings (SSSR count). The molecule has 0 saturated carbocycles. The number of hydrogen-bond acceptors (Lipinski definition) is 4. The van der Waals surface area contributed by atoms with Crippen molar-refractivity contribution < 1.29 is 0 Å². The molecule has 0 atom stereocenters. The van der Waals surface area contributed by atoms with Gasteiger partial charge >= 0.3 is 0 Å². The molecule has 0 aromatic carbocycles. The molecular formula is C9H11N3OS. The van der Waals surface area contributed by atoms with Gasteiger partial charge in [-0.05, 0) is 12.8 Å². The highest BCUT2D eigenvalue weighted by molar-refractivity contribution is 7.99. The molecule has 14 heavy (non-hydrogen) atoms. The Bertz CT molecular complexity index is 440. The van der Waals surface area contributed by atoms with Gasteiger partial charge in [-0.25, -0.2) is 0 Å². The van der Waals surface area contributed by atoms with E-state index in [4.69, 9.17) is 0 Å². The lowest BCUT2D eigenvalue weighted by Gasteiger charge is -2.20. The van der Waals surface area contributed by atoms with Gasteiger partial charge in [-0.2, -0.15) is 4.98 Å². The Morgan fingerprint density at radius 3 is 3.36 bits per heavy atom. The Morgan fingerprint density at radius 1 is 1.50 bits per heavy atom. The second-order valence-corrected chi connectivity index (χ2v) is 4.62. The first-order chi connectivity index (χ1) is 6.86. The lowest BCUT2D eigenvalue weighted by atomic mass is 10.2. The van der Waals surface area contributed by atoms with Crippen LogP contribution in [0.2, 0.25) is 0 Å². The molecule has 0 spiro atoms. The van der Waals surface area contributed by atoms with Crippen molar-refractivity contribution in [2.45, 2.75) is 24.5 Å². The summed E-state index contributed by atoms with van der Waals surface area (Å²) in [4.78, 5) is 15.7. The van der Waals surface area contributed by atoms with Gasteiger partial charge in [0, 0.05) is 18.8 Å². The number of nitrogens with zero attached hydrogens (tertiary/aromatic N) is 2. The third-order valence-electron chi connectivity index (χ3n) is 2.67. The second-order valence-electron chi connectivity index (χ2n) is 3.56. The molecule has 3 heterocycles. The maximum absolute atomic E-state index is 11.6. The molecule has 1 aromatic rings. The van der Waals surface area contributed by atoms with Gasteiger partial charge in [0.1, 0.15) is 5.82 Å². The number of aromatic nitrogens is 2. The lowest BCUT2D eigenvalue weighted by molar-refractivity contribution is 0.584. The molecular weight excluding hydrogens is 198 g/mol. The molecule has 1 N–H and O–H groups in total. The molecule has 0 radical (unpaired) electrons. The fourth-order valence-electron chi connectivity index (χ4n) is 2.01. The molecule has 0 amide bonds. The normalized spacial score (nSPS) is 18.6. The largest absolute Gasteiger partial charge is 0.371 e. The van der Waals surface area contributed by atoms with Gasteiger partial charge in [-0.3, -0.25) is 4.79 Å². The summed E-state index contributed by atoms with van der Waals surface area (Å²) >= 11 is 1.68. The van der Waals surface area contributed by atoms with Gasteiger partial charge < -0.3 is 9.88 Å². The van der Waals surface area contributed by atoms with Crippen molar-refractivity contribution in [1.29, 1.82) is 0 Å². The van der Waals surface area contributed by atoms with E-state index in [1.54, 1.807) is 11.8 Å². The average Bonchev–Trinajstić information content (AvgIpc) is 2.67. The maximum Gasteiger partial charge on any atom is 0.279 e. The Balaban J connectivity index is 2.27. The first-order valence-corrected chi connectivity index (χ1v) is 5.85. The SMILES string of the molecule is O=c1nc2n(c3c1CCN3)CCCS2. The van der Waals surface area contributed by atoms with E-state index < -0.39 is 0 Å². The van der Waals surface area contributed by atoms with E-state index in [1.165, 1.54) is 0 Å². The molecule has 2 aliphatic rings. The minimum absolute atomic E-state index is 0.0364. The fraction of sp³-hybridized carbons (Fsp3) is 0.556. The van der Waals surface area contributed by atoms with Crippen LogP contribution in [0.25, 0.3) is 0 Å². The number of thioether (sulfide) groups is 1. The highest BCUT2D eigenvalue weighted by atomic mass is 32.2. The quantitative estimate of drug-likeness (QED) is 0.639. The van der Waals surface area contributed by atoms with E-state index in [2.05, 4.69) is 14.9 Å². The van der Waals surface area contributed by atoms with Gasteiger partial charge in [0.2, 0.25) is 0 Å². The van der Waals surface area contributed by atoms with Crippen LogP contribution < -0.4 is 10.9 Å². The summed E-state index contributed by atoms with van der Waals surface area (Å²) in [5.41, 5.74) is 0.835.